The number of rotatable bonds is 2. The van der Waals surface area contributed by atoms with Crippen LogP contribution in [0.1, 0.15) is 43.1 Å². The van der Waals surface area contributed by atoms with Crippen LogP contribution in [-0.4, -0.2) is 18.7 Å². The van der Waals surface area contributed by atoms with Gasteiger partial charge in [-0.2, -0.15) is 0 Å². The second kappa shape index (κ2) is 4.79. The number of nitrogens with one attached hydrogen (secondary N) is 1. The van der Waals surface area contributed by atoms with Crippen molar-refractivity contribution in [3.63, 3.8) is 0 Å². The van der Waals surface area contributed by atoms with Gasteiger partial charge in [-0.15, -0.1) is 0 Å². The van der Waals surface area contributed by atoms with Crippen LogP contribution in [0.4, 0.5) is 0 Å². The quantitative estimate of drug-likeness (QED) is 0.847. The Bertz CT molecular complexity index is 392. The lowest BCUT2D eigenvalue weighted by Gasteiger charge is -2.38. The second-order valence-corrected chi connectivity index (χ2v) is 5.45. The first kappa shape index (κ1) is 12.6. The van der Waals surface area contributed by atoms with Crippen molar-refractivity contribution >= 4 is 0 Å². The van der Waals surface area contributed by atoms with Crippen LogP contribution in [0.3, 0.4) is 0 Å². The Labute approximate surface area is 104 Å². The Kier molecular flexibility index (Phi) is 3.55. The van der Waals surface area contributed by atoms with E-state index in [-0.39, 0.29) is 11.6 Å². The molecule has 0 amide bonds. The van der Waals surface area contributed by atoms with E-state index in [0.717, 1.165) is 19.6 Å². The minimum absolute atomic E-state index is 0.148. The predicted molar refractivity (Wildman–Crippen MR) is 71.3 cm³/mol. The topological polar surface area (TPSA) is 21.3 Å². The summed E-state index contributed by atoms with van der Waals surface area (Å²) in [4.78, 5) is 0. The molecule has 1 aliphatic rings. The molecule has 1 saturated heterocycles. The molecule has 1 heterocycles. The normalized spacial score (nSPS) is 29.3. The van der Waals surface area contributed by atoms with E-state index in [2.05, 4.69) is 51.2 Å². The number of morpholine rings is 1. The molecule has 2 heteroatoms. The van der Waals surface area contributed by atoms with E-state index in [1.54, 1.807) is 0 Å². The van der Waals surface area contributed by atoms with E-state index >= 15 is 0 Å². The van der Waals surface area contributed by atoms with Crippen LogP contribution >= 0.6 is 0 Å². The zero-order valence-corrected chi connectivity index (χ0v) is 11.3. The Balaban J connectivity index is 2.10. The van der Waals surface area contributed by atoms with Gasteiger partial charge in [0.15, 0.2) is 0 Å². The molecule has 1 aliphatic heterocycles. The van der Waals surface area contributed by atoms with Gasteiger partial charge in [0.25, 0.3) is 0 Å². The fraction of sp³-hybridized carbons (Fsp3) is 0.600. The summed E-state index contributed by atoms with van der Waals surface area (Å²) < 4.78 is 6.03. The van der Waals surface area contributed by atoms with Gasteiger partial charge in [-0.3, -0.25) is 0 Å². The van der Waals surface area contributed by atoms with E-state index in [0.29, 0.717) is 0 Å². The molecule has 1 aromatic carbocycles. The summed E-state index contributed by atoms with van der Waals surface area (Å²) in [6.45, 7) is 10.4. The molecule has 2 rings (SSSR count). The van der Waals surface area contributed by atoms with Crippen molar-refractivity contribution in [1.82, 2.24) is 5.32 Å². The molecule has 0 aliphatic carbocycles. The highest BCUT2D eigenvalue weighted by Gasteiger charge is 2.30. The number of ether oxygens (including phenoxy) is 1. The molecule has 1 aromatic rings. The number of hydrogen-bond donors (Lipinski definition) is 1. The maximum absolute atomic E-state index is 6.03. The third-order valence-electron chi connectivity index (χ3n) is 3.87. The first-order chi connectivity index (χ1) is 8.04. The van der Waals surface area contributed by atoms with Crippen molar-refractivity contribution in [2.75, 3.05) is 13.2 Å². The molecule has 2 unspecified atom stereocenters. The van der Waals surface area contributed by atoms with Crippen molar-refractivity contribution in [3.8, 4) is 0 Å². The van der Waals surface area contributed by atoms with Crippen molar-refractivity contribution in [2.24, 2.45) is 0 Å². The van der Waals surface area contributed by atoms with Crippen molar-refractivity contribution < 1.29 is 4.74 Å². The maximum Gasteiger partial charge on any atom is 0.0952 e. The van der Waals surface area contributed by atoms with Crippen molar-refractivity contribution in [3.05, 3.63) is 34.9 Å². The standard InChI is InChI=1S/C15H23NO/c1-5-15(4)10-17-14(9-16-15)13-7-6-11(2)8-12(13)3/h6-8,14,16H,5,9-10H2,1-4H3. The van der Waals surface area contributed by atoms with Gasteiger partial charge in [0, 0.05) is 12.1 Å². The summed E-state index contributed by atoms with van der Waals surface area (Å²) >= 11 is 0. The van der Waals surface area contributed by atoms with E-state index in [4.69, 9.17) is 4.74 Å². The van der Waals surface area contributed by atoms with Crippen LogP contribution in [-0.2, 0) is 4.74 Å². The number of benzene rings is 1. The largest absolute Gasteiger partial charge is 0.370 e. The summed E-state index contributed by atoms with van der Waals surface area (Å²) in [5.41, 5.74) is 4.11. The van der Waals surface area contributed by atoms with Gasteiger partial charge in [-0.25, -0.2) is 0 Å². The van der Waals surface area contributed by atoms with Crippen LogP contribution in [0.15, 0.2) is 18.2 Å². The minimum atomic E-state index is 0.148. The lowest BCUT2D eigenvalue weighted by Crippen LogP contribution is -2.52. The van der Waals surface area contributed by atoms with Gasteiger partial charge in [-0.1, -0.05) is 30.7 Å². The molecule has 1 fully saturated rings. The zero-order chi connectivity index (χ0) is 12.5. The van der Waals surface area contributed by atoms with Gasteiger partial charge in [0.2, 0.25) is 0 Å². The average Bonchev–Trinajstić information content (AvgIpc) is 2.31. The average molecular weight is 233 g/mol. The third kappa shape index (κ3) is 2.70. The molecule has 0 aromatic heterocycles. The SMILES string of the molecule is CCC1(C)COC(c2ccc(C)cc2C)CN1. The summed E-state index contributed by atoms with van der Waals surface area (Å²) in [5, 5.41) is 3.61. The molecule has 0 radical (unpaired) electrons. The molecule has 0 bridgehead atoms. The Morgan fingerprint density at radius 1 is 1.41 bits per heavy atom. The van der Waals surface area contributed by atoms with Crippen LogP contribution in [0.2, 0.25) is 0 Å². The lowest BCUT2D eigenvalue weighted by atomic mass is 9.94. The van der Waals surface area contributed by atoms with Crippen LogP contribution in [0.25, 0.3) is 0 Å². The second-order valence-electron chi connectivity index (χ2n) is 5.45. The zero-order valence-electron chi connectivity index (χ0n) is 11.3. The summed E-state index contributed by atoms with van der Waals surface area (Å²) in [6.07, 6.45) is 1.31. The van der Waals surface area contributed by atoms with Gasteiger partial charge < -0.3 is 10.1 Å². The van der Waals surface area contributed by atoms with Crippen LogP contribution in [0, 0.1) is 13.8 Å². The number of aryl methyl sites for hydroxylation is 2. The molecule has 2 nitrogen and oxygen atoms in total. The van der Waals surface area contributed by atoms with Gasteiger partial charge >= 0.3 is 0 Å². The fourth-order valence-corrected chi connectivity index (χ4v) is 2.35. The fourth-order valence-electron chi connectivity index (χ4n) is 2.35. The summed E-state index contributed by atoms with van der Waals surface area (Å²) in [6, 6.07) is 6.59. The highest BCUT2D eigenvalue weighted by molar-refractivity contribution is 5.32. The molecule has 94 valence electrons. The predicted octanol–water partition coefficient (Wildman–Crippen LogP) is 3.13. The minimum Gasteiger partial charge on any atom is -0.370 e. The van der Waals surface area contributed by atoms with E-state index in [9.17, 15) is 0 Å². The van der Waals surface area contributed by atoms with Crippen LogP contribution < -0.4 is 5.32 Å². The first-order valence-electron chi connectivity index (χ1n) is 6.48. The monoisotopic (exact) mass is 233 g/mol. The summed E-state index contributed by atoms with van der Waals surface area (Å²) in [7, 11) is 0. The third-order valence-corrected chi connectivity index (χ3v) is 3.87. The van der Waals surface area contributed by atoms with Crippen molar-refractivity contribution in [1.29, 1.82) is 0 Å². The maximum atomic E-state index is 6.03. The lowest BCUT2D eigenvalue weighted by molar-refractivity contribution is -0.0302. The van der Waals surface area contributed by atoms with E-state index < -0.39 is 0 Å². The highest BCUT2D eigenvalue weighted by atomic mass is 16.5. The Hall–Kier alpha value is -0.860. The van der Waals surface area contributed by atoms with Gasteiger partial charge in [0.1, 0.15) is 0 Å². The molecule has 17 heavy (non-hydrogen) atoms. The molecule has 2 atom stereocenters. The molecule has 1 N–H and O–H groups in total. The molecule has 0 spiro atoms. The molecular formula is C15H23NO. The number of hydrogen-bond acceptors (Lipinski definition) is 2. The Morgan fingerprint density at radius 2 is 2.18 bits per heavy atom. The Morgan fingerprint density at radius 3 is 2.71 bits per heavy atom. The van der Waals surface area contributed by atoms with Gasteiger partial charge in [-0.05, 0) is 38.3 Å². The molecule has 0 saturated carbocycles. The van der Waals surface area contributed by atoms with Crippen LogP contribution in [0.5, 0.6) is 0 Å². The molecular weight excluding hydrogens is 210 g/mol. The van der Waals surface area contributed by atoms with E-state index in [1.807, 2.05) is 0 Å². The summed E-state index contributed by atoms with van der Waals surface area (Å²) in [5.74, 6) is 0. The smallest absolute Gasteiger partial charge is 0.0952 e. The van der Waals surface area contributed by atoms with E-state index in [1.165, 1.54) is 16.7 Å². The first-order valence-corrected chi connectivity index (χ1v) is 6.48. The van der Waals surface area contributed by atoms with Crippen molar-refractivity contribution in [2.45, 2.75) is 45.8 Å². The highest BCUT2D eigenvalue weighted by Crippen LogP contribution is 2.27. The van der Waals surface area contributed by atoms with Gasteiger partial charge in [0.05, 0.1) is 12.7 Å².